The highest BCUT2D eigenvalue weighted by atomic mass is 16.6. The van der Waals surface area contributed by atoms with Crippen LogP contribution in [0.2, 0.25) is 0 Å². The first-order chi connectivity index (χ1) is 14.7. The van der Waals surface area contributed by atoms with Gasteiger partial charge in [-0.25, -0.2) is 0 Å². The second-order valence-electron chi connectivity index (χ2n) is 7.33. The molecule has 3 heterocycles. The summed E-state index contributed by atoms with van der Waals surface area (Å²) in [7, 11) is 1.94. The third-order valence-corrected chi connectivity index (χ3v) is 5.40. The summed E-state index contributed by atoms with van der Waals surface area (Å²) in [5, 5.41) is 13.8. The third kappa shape index (κ3) is 3.32. The number of carbonyl (C=O) groups is 3. The van der Waals surface area contributed by atoms with Crippen LogP contribution in [-0.2, 0) is 0 Å². The van der Waals surface area contributed by atoms with Crippen molar-refractivity contribution in [3.8, 4) is 5.69 Å². The number of hydrogen-bond acceptors (Lipinski definition) is 8. The van der Waals surface area contributed by atoms with Crippen LogP contribution in [0.15, 0.2) is 29.1 Å². The number of anilines is 1. The van der Waals surface area contributed by atoms with Crippen LogP contribution in [0, 0.1) is 10.1 Å². The molecule has 1 aromatic carbocycles. The number of likely N-dealkylation sites (N-methyl/N-ethyl adjacent to an activating group) is 1. The Labute approximate surface area is 175 Å². The molecule has 12 nitrogen and oxygen atoms in total. The number of nitrogens with two attached hydrogens (primary N) is 1. The molecule has 1 fully saturated rings. The number of nitro groups is 1. The van der Waals surface area contributed by atoms with Crippen LogP contribution in [0.3, 0.4) is 0 Å². The van der Waals surface area contributed by atoms with E-state index in [-0.39, 0.29) is 28.3 Å². The number of nitrogen functional groups attached to an aromatic ring is 1. The van der Waals surface area contributed by atoms with Crippen molar-refractivity contribution in [1.82, 2.24) is 19.7 Å². The van der Waals surface area contributed by atoms with Crippen molar-refractivity contribution < 1.29 is 19.3 Å². The lowest BCUT2D eigenvalue weighted by atomic mass is 10.1. The fourth-order valence-corrected chi connectivity index (χ4v) is 3.71. The van der Waals surface area contributed by atoms with E-state index in [1.54, 1.807) is 4.90 Å². The standard InChI is InChI=1S/C19H18N6O6/c1-22-4-6-23(7-5-22)19(29)10-2-3-12(13(8-10)25(30)31)24-14(26)9-11-15(16(24)20)18(28)21-17(11)27/h2-3,8-9H,4-7,20H2,1H3,(H,21,27,28). The number of fused-ring (bicyclic) bond motifs is 1. The smallest absolute Gasteiger partial charge is 0.294 e. The van der Waals surface area contributed by atoms with Crippen molar-refractivity contribution in [2.45, 2.75) is 0 Å². The molecule has 31 heavy (non-hydrogen) atoms. The van der Waals surface area contributed by atoms with Gasteiger partial charge in [-0.2, -0.15) is 0 Å². The number of pyridine rings is 1. The number of benzene rings is 1. The molecule has 3 N–H and O–H groups in total. The lowest BCUT2D eigenvalue weighted by molar-refractivity contribution is -0.384. The Hall–Kier alpha value is -4.06. The molecule has 160 valence electrons. The molecule has 2 aromatic rings. The van der Waals surface area contributed by atoms with E-state index in [4.69, 9.17) is 5.73 Å². The van der Waals surface area contributed by atoms with Gasteiger partial charge in [0.2, 0.25) is 0 Å². The van der Waals surface area contributed by atoms with Gasteiger partial charge in [-0.3, -0.25) is 39.2 Å². The van der Waals surface area contributed by atoms with Gasteiger partial charge in [0.25, 0.3) is 29.0 Å². The molecular formula is C19H18N6O6. The first-order valence-corrected chi connectivity index (χ1v) is 9.37. The molecule has 12 heteroatoms. The van der Waals surface area contributed by atoms with E-state index in [1.807, 2.05) is 12.4 Å². The van der Waals surface area contributed by atoms with Gasteiger partial charge in [0, 0.05) is 43.9 Å². The minimum atomic E-state index is -0.817. The zero-order valence-corrected chi connectivity index (χ0v) is 16.5. The summed E-state index contributed by atoms with van der Waals surface area (Å²) in [5.74, 6) is -2.32. The van der Waals surface area contributed by atoms with Crippen LogP contribution < -0.4 is 16.6 Å². The van der Waals surface area contributed by atoms with Gasteiger partial charge in [0.05, 0.1) is 16.1 Å². The molecule has 2 aliphatic rings. The van der Waals surface area contributed by atoms with Gasteiger partial charge in [-0.15, -0.1) is 0 Å². The Balaban J connectivity index is 1.81. The van der Waals surface area contributed by atoms with E-state index in [9.17, 15) is 29.3 Å². The second kappa shape index (κ2) is 7.32. The molecule has 0 aliphatic carbocycles. The summed E-state index contributed by atoms with van der Waals surface area (Å²) in [6.45, 7) is 2.36. The molecular weight excluding hydrogens is 408 g/mol. The summed E-state index contributed by atoms with van der Waals surface area (Å²) in [6.07, 6.45) is 0. The second-order valence-corrected chi connectivity index (χ2v) is 7.33. The van der Waals surface area contributed by atoms with Gasteiger partial charge in [-0.1, -0.05) is 0 Å². The first-order valence-electron chi connectivity index (χ1n) is 9.37. The van der Waals surface area contributed by atoms with Crippen LogP contribution >= 0.6 is 0 Å². The highest BCUT2D eigenvalue weighted by Crippen LogP contribution is 2.29. The summed E-state index contributed by atoms with van der Waals surface area (Å²) >= 11 is 0. The number of piperazine rings is 1. The van der Waals surface area contributed by atoms with Crippen LogP contribution in [0.5, 0.6) is 0 Å². The predicted octanol–water partition coefficient (Wildman–Crippen LogP) is -0.401. The molecule has 0 bridgehead atoms. The maximum atomic E-state index is 12.8. The van der Waals surface area contributed by atoms with Crippen LogP contribution in [-0.4, -0.2) is 70.2 Å². The number of nitrogens with zero attached hydrogens (tertiary/aromatic N) is 4. The zero-order chi connectivity index (χ0) is 22.4. The predicted molar refractivity (Wildman–Crippen MR) is 108 cm³/mol. The number of carbonyl (C=O) groups excluding carboxylic acids is 3. The maximum absolute atomic E-state index is 12.8. The summed E-state index contributed by atoms with van der Waals surface area (Å²) < 4.78 is 0.791. The Bertz CT molecular complexity index is 1210. The zero-order valence-electron chi connectivity index (χ0n) is 16.5. The highest BCUT2D eigenvalue weighted by molar-refractivity contribution is 6.23. The number of nitrogens with one attached hydrogen (secondary N) is 1. The highest BCUT2D eigenvalue weighted by Gasteiger charge is 2.33. The molecule has 0 spiro atoms. The molecule has 2 aliphatic heterocycles. The lowest BCUT2D eigenvalue weighted by Crippen LogP contribution is -2.47. The van der Waals surface area contributed by atoms with E-state index in [1.165, 1.54) is 12.1 Å². The number of rotatable bonds is 3. The van der Waals surface area contributed by atoms with Crippen molar-refractivity contribution >= 4 is 29.2 Å². The Morgan fingerprint density at radius 3 is 2.42 bits per heavy atom. The Kier molecular flexibility index (Phi) is 4.78. The monoisotopic (exact) mass is 426 g/mol. The minimum Gasteiger partial charge on any atom is -0.384 e. The fourth-order valence-electron chi connectivity index (χ4n) is 3.71. The summed E-state index contributed by atoms with van der Waals surface area (Å²) in [5.41, 5.74) is 4.09. The van der Waals surface area contributed by atoms with Crippen LogP contribution in [0.1, 0.15) is 31.1 Å². The Morgan fingerprint density at radius 1 is 1.10 bits per heavy atom. The molecule has 1 aromatic heterocycles. The average Bonchev–Trinajstić information content (AvgIpc) is 3.01. The van der Waals surface area contributed by atoms with E-state index in [2.05, 4.69) is 4.90 Å². The van der Waals surface area contributed by atoms with E-state index < -0.39 is 33.8 Å². The molecule has 0 saturated carbocycles. The average molecular weight is 426 g/mol. The molecule has 4 rings (SSSR count). The van der Waals surface area contributed by atoms with Gasteiger partial charge in [-0.05, 0) is 19.2 Å². The molecule has 0 atom stereocenters. The molecule has 0 radical (unpaired) electrons. The largest absolute Gasteiger partial charge is 0.384 e. The number of nitro benzene ring substituents is 1. The van der Waals surface area contributed by atoms with E-state index in [0.717, 1.165) is 16.7 Å². The van der Waals surface area contributed by atoms with Gasteiger partial charge in [0.1, 0.15) is 11.5 Å². The lowest BCUT2D eigenvalue weighted by Gasteiger charge is -2.32. The minimum absolute atomic E-state index is 0.0979. The number of amides is 3. The van der Waals surface area contributed by atoms with Crippen LogP contribution in [0.25, 0.3) is 5.69 Å². The van der Waals surface area contributed by atoms with Gasteiger partial charge < -0.3 is 15.5 Å². The first kappa shape index (κ1) is 20.2. The number of imide groups is 1. The van der Waals surface area contributed by atoms with Gasteiger partial charge >= 0.3 is 0 Å². The quantitative estimate of drug-likeness (QED) is 0.381. The van der Waals surface area contributed by atoms with Crippen molar-refractivity contribution in [2.75, 3.05) is 39.0 Å². The van der Waals surface area contributed by atoms with Crippen LogP contribution in [0.4, 0.5) is 11.5 Å². The van der Waals surface area contributed by atoms with Crippen molar-refractivity contribution in [3.05, 3.63) is 61.4 Å². The summed E-state index contributed by atoms with van der Waals surface area (Å²) in [4.78, 5) is 63.9. The van der Waals surface area contributed by atoms with E-state index in [0.29, 0.717) is 26.2 Å². The summed E-state index contributed by atoms with van der Waals surface area (Å²) in [6, 6.07) is 4.59. The van der Waals surface area contributed by atoms with Crippen molar-refractivity contribution in [1.29, 1.82) is 0 Å². The third-order valence-electron chi connectivity index (χ3n) is 5.40. The molecule has 0 unspecified atom stereocenters. The molecule has 3 amide bonds. The van der Waals surface area contributed by atoms with Crippen molar-refractivity contribution in [3.63, 3.8) is 0 Å². The molecule has 1 saturated heterocycles. The fraction of sp³-hybridized carbons (Fsp3) is 0.263. The number of hydrogen-bond donors (Lipinski definition) is 2. The SMILES string of the molecule is CN1CCN(C(=O)c2ccc(-n3c(N)c4c(cc3=O)C(=O)NC4=O)c([N+](=O)[O-])c2)CC1. The van der Waals surface area contributed by atoms with E-state index >= 15 is 0 Å². The Morgan fingerprint density at radius 2 is 1.77 bits per heavy atom. The number of aromatic nitrogens is 1. The van der Waals surface area contributed by atoms with Gasteiger partial charge in [0.15, 0.2) is 0 Å². The maximum Gasteiger partial charge on any atom is 0.294 e. The van der Waals surface area contributed by atoms with Crippen molar-refractivity contribution in [2.24, 2.45) is 0 Å². The normalized spacial score (nSPS) is 16.2. The topological polar surface area (TPSA) is 161 Å².